The van der Waals surface area contributed by atoms with E-state index in [4.69, 9.17) is 4.74 Å². The minimum atomic E-state index is -0.156. The molecule has 1 heterocycles. The fraction of sp³-hybridized carbons (Fsp3) is 0.440. The van der Waals surface area contributed by atoms with E-state index in [1.165, 1.54) is 0 Å². The van der Waals surface area contributed by atoms with Crippen molar-refractivity contribution in [2.45, 2.75) is 27.7 Å². The van der Waals surface area contributed by atoms with Crippen molar-refractivity contribution in [3.63, 3.8) is 0 Å². The van der Waals surface area contributed by atoms with Gasteiger partial charge >= 0.3 is 0 Å². The molecular weight excluding hydrogens is 390 g/mol. The van der Waals surface area contributed by atoms with E-state index in [1.54, 1.807) is 12.1 Å². The average molecular weight is 424 g/mol. The number of nitrogens with one attached hydrogen (secondary N) is 1. The van der Waals surface area contributed by atoms with Crippen LogP contribution in [0.15, 0.2) is 48.5 Å². The van der Waals surface area contributed by atoms with E-state index < -0.39 is 0 Å². The van der Waals surface area contributed by atoms with Gasteiger partial charge in [0.1, 0.15) is 5.75 Å². The lowest BCUT2D eigenvalue weighted by atomic mass is 10.1. The van der Waals surface area contributed by atoms with Gasteiger partial charge in [-0.15, -0.1) is 0 Å². The third kappa shape index (κ3) is 6.00. The first-order chi connectivity index (χ1) is 14.8. The summed E-state index contributed by atoms with van der Waals surface area (Å²) in [5, 5.41) is 3.04. The molecule has 1 fully saturated rings. The lowest BCUT2D eigenvalue weighted by Gasteiger charge is -2.37. The van der Waals surface area contributed by atoms with Crippen LogP contribution in [0.5, 0.6) is 5.75 Å². The molecule has 6 nitrogen and oxygen atoms in total. The topological polar surface area (TPSA) is 61.9 Å². The molecule has 0 saturated carbocycles. The van der Waals surface area contributed by atoms with E-state index in [1.807, 2.05) is 55.1 Å². The normalized spacial score (nSPS) is 14.1. The molecule has 6 heteroatoms. The van der Waals surface area contributed by atoms with Crippen LogP contribution in [0.3, 0.4) is 0 Å². The van der Waals surface area contributed by atoms with Gasteiger partial charge in [-0.2, -0.15) is 0 Å². The predicted molar refractivity (Wildman–Crippen MR) is 125 cm³/mol. The zero-order valence-corrected chi connectivity index (χ0v) is 18.9. The maximum absolute atomic E-state index is 12.8. The molecule has 3 rings (SSSR count). The van der Waals surface area contributed by atoms with Gasteiger partial charge in [0.05, 0.1) is 18.0 Å². The number of carbonyl (C=O) groups excluding carboxylic acids is 2. The highest BCUT2D eigenvalue weighted by molar-refractivity contribution is 6.06. The summed E-state index contributed by atoms with van der Waals surface area (Å²) in [6, 6.07) is 15.0. The quantitative estimate of drug-likeness (QED) is 0.722. The van der Waals surface area contributed by atoms with Crippen LogP contribution in [-0.2, 0) is 4.79 Å². The average Bonchev–Trinajstić information content (AvgIpc) is 2.78. The number of carbonyl (C=O) groups is 2. The molecule has 0 spiro atoms. The van der Waals surface area contributed by atoms with Crippen molar-refractivity contribution in [3.05, 3.63) is 54.1 Å². The Hall–Kier alpha value is -3.02. The molecular formula is C25H33N3O3. The Kier molecular flexibility index (Phi) is 7.55. The van der Waals surface area contributed by atoms with E-state index in [9.17, 15) is 9.59 Å². The molecule has 0 atom stereocenters. The van der Waals surface area contributed by atoms with Crippen molar-refractivity contribution >= 4 is 23.2 Å². The summed E-state index contributed by atoms with van der Waals surface area (Å²) in [7, 11) is 0. The van der Waals surface area contributed by atoms with Gasteiger partial charge in [-0.3, -0.25) is 9.59 Å². The monoisotopic (exact) mass is 423 g/mol. The minimum absolute atomic E-state index is 0.0142. The smallest absolute Gasteiger partial charge is 0.255 e. The Labute approximate surface area is 185 Å². The first-order valence-corrected chi connectivity index (χ1v) is 11.0. The lowest BCUT2D eigenvalue weighted by molar-refractivity contribution is -0.134. The molecule has 2 aromatic rings. The molecule has 1 aliphatic heterocycles. The highest BCUT2D eigenvalue weighted by Crippen LogP contribution is 2.27. The molecule has 166 valence electrons. The fourth-order valence-electron chi connectivity index (χ4n) is 3.55. The summed E-state index contributed by atoms with van der Waals surface area (Å²) in [5.74, 6) is 1.27. The number of para-hydroxylation sites is 2. The number of ether oxygens (including phenoxy) is 1. The Bertz CT molecular complexity index is 885. The second-order valence-corrected chi connectivity index (χ2v) is 8.67. The molecule has 1 N–H and O–H groups in total. The van der Waals surface area contributed by atoms with Gasteiger partial charge in [0.15, 0.2) is 0 Å². The number of anilines is 2. The largest absolute Gasteiger partial charge is 0.493 e. The van der Waals surface area contributed by atoms with E-state index in [0.29, 0.717) is 31.2 Å². The molecule has 0 bridgehead atoms. The number of hydrogen-bond acceptors (Lipinski definition) is 4. The van der Waals surface area contributed by atoms with Crippen LogP contribution in [0, 0.1) is 11.8 Å². The summed E-state index contributed by atoms with van der Waals surface area (Å²) in [5.41, 5.74) is 2.33. The highest BCUT2D eigenvalue weighted by atomic mass is 16.5. The number of amides is 2. The van der Waals surface area contributed by atoms with Gasteiger partial charge in [0, 0.05) is 37.7 Å². The number of benzene rings is 2. The van der Waals surface area contributed by atoms with Gasteiger partial charge in [-0.05, 0) is 42.3 Å². The maximum atomic E-state index is 12.8. The molecule has 31 heavy (non-hydrogen) atoms. The van der Waals surface area contributed by atoms with Crippen molar-refractivity contribution in [1.29, 1.82) is 0 Å². The summed E-state index contributed by atoms with van der Waals surface area (Å²) < 4.78 is 5.69. The Morgan fingerprint density at radius 2 is 1.58 bits per heavy atom. The van der Waals surface area contributed by atoms with E-state index in [2.05, 4.69) is 24.1 Å². The number of nitrogens with zero attached hydrogens (tertiary/aromatic N) is 2. The molecule has 0 unspecified atom stereocenters. The third-order valence-corrected chi connectivity index (χ3v) is 5.28. The molecule has 2 amide bonds. The van der Waals surface area contributed by atoms with Gasteiger partial charge in [-0.1, -0.05) is 39.8 Å². The minimum Gasteiger partial charge on any atom is -0.493 e. The molecule has 0 radical (unpaired) electrons. The maximum Gasteiger partial charge on any atom is 0.255 e. The second-order valence-electron chi connectivity index (χ2n) is 8.67. The third-order valence-electron chi connectivity index (χ3n) is 5.28. The Morgan fingerprint density at radius 1 is 0.935 bits per heavy atom. The first kappa shape index (κ1) is 22.7. The van der Waals surface area contributed by atoms with Crippen molar-refractivity contribution in [2.75, 3.05) is 43.0 Å². The molecule has 2 aromatic carbocycles. The summed E-state index contributed by atoms with van der Waals surface area (Å²) in [6.07, 6.45) is 0. The summed E-state index contributed by atoms with van der Waals surface area (Å²) in [6.45, 7) is 11.6. The van der Waals surface area contributed by atoms with Gasteiger partial charge in [0.2, 0.25) is 5.91 Å². The Balaban J connectivity index is 1.64. The molecule has 1 aliphatic rings. The SMILES string of the molecule is CC(C)COc1ccc(C(=O)Nc2ccccc2N2CCN(C(=O)C(C)C)CC2)cc1. The number of rotatable bonds is 7. The summed E-state index contributed by atoms with van der Waals surface area (Å²) in [4.78, 5) is 29.2. The predicted octanol–water partition coefficient (Wildman–Crippen LogP) is 4.28. The highest BCUT2D eigenvalue weighted by Gasteiger charge is 2.24. The second kappa shape index (κ2) is 10.3. The van der Waals surface area contributed by atoms with Crippen LogP contribution in [0.25, 0.3) is 0 Å². The van der Waals surface area contributed by atoms with E-state index in [-0.39, 0.29) is 17.7 Å². The lowest BCUT2D eigenvalue weighted by Crippen LogP contribution is -2.50. The number of piperazine rings is 1. The fourth-order valence-corrected chi connectivity index (χ4v) is 3.55. The van der Waals surface area contributed by atoms with Crippen molar-refractivity contribution in [2.24, 2.45) is 11.8 Å². The standard InChI is InChI=1S/C25H33N3O3/c1-18(2)17-31-21-11-9-20(10-12-21)24(29)26-22-7-5-6-8-23(22)27-13-15-28(16-14-27)25(30)19(3)4/h5-12,18-19H,13-17H2,1-4H3,(H,26,29). The van der Waals surface area contributed by atoms with Crippen LogP contribution in [0.4, 0.5) is 11.4 Å². The molecule has 0 aromatic heterocycles. The zero-order valence-electron chi connectivity index (χ0n) is 18.9. The van der Waals surface area contributed by atoms with Crippen LogP contribution < -0.4 is 15.0 Å². The van der Waals surface area contributed by atoms with Crippen LogP contribution in [0.1, 0.15) is 38.1 Å². The number of hydrogen-bond donors (Lipinski definition) is 1. The van der Waals surface area contributed by atoms with Crippen LogP contribution in [-0.4, -0.2) is 49.5 Å². The van der Waals surface area contributed by atoms with E-state index >= 15 is 0 Å². The van der Waals surface area contributed by atoms with Crippen molar-refractivity contribution in [1.82, 2.24) is 4.90 Å². The van der Waals surface area contributed by atoms with Crippen molar-refractivity contribution in [3.8, 4) is 5.75 Å². The van der Waals surface area contributed by atoms with Crippen LogP contribution >= 0.6 is 0 Å². The van der Waals surface area contributed by atoms with Crippen LogP contribution in [0.2, 0.25) is 0 Å². The van der Waals surface area contributed by atoms with Gasteiger partial charge < -0.3 is 19.9 Å². The van der Waals surface area contributed by atoms with E-state index in [0.717, 1.165) is 30.2 Å². The first-order valence-electron chi connectivity index (χ1n) is 11.0. The zero-order chi connectivity index (χ0) is 22.4. The molecule has 0 aliphatic carbocycles. The van der Waals surface area contributed by atoms with Gasteiger partial charge in [-0.25, -0.2) is 0 Å². The Morgan fingerprint density at radius 3 is 2.19 bits per heavy atom. The van der Waals surface area contributed by atoms with Gasteiger partial charge in [0.25, 0.3) is 5.91 Å². The van der Waals surface area contributed by atoms with Crippen molar-refractivity contribution < 1.29 is 14.3 Å². The molecule has 1 saturated heterocycles. The summed E-state index contributed by atoms with van der Waals surface area (Å²) >= 11 is 0.